The van der Waals surface area contributed by atoms with Crippen LogP contribution in [0.3, 0.4) is 0 Å². The molecule has 1 aliphatic rings. The van der Waals surface area contributed by atoms with Crippen molar-refractivity contribution in [3.8, 4) is 0 Å². The fourth-order valence-corrected chi connectivity index (χ4v) is 3.02. The van der Waals surface area contributed by atoms with Crippen LogP contribution in [0.25, 0.3) is 11.0 Å². The monoisotopic (exact) mass is 307 g/mol. The molecule has 1 unspecified atom stereocenters. The molecular weight excluding hydrogens is 290 g/mol. The lowest BCUT2D eigenvalue weighted by atomic mass is 10.2. The van der Waals surface area contributed by atoms with Gasteiger partial charge in [0.05, 0.1) is 5.69 Å². The number of benzene rings is 1. The van der Waals surface area contributed by atoms with E-state index in [1.165, 1.54) is 0 Å². The average molecular weight is 307 g/mol. The van der Waals surface area contributed by atoms with Gasteiger partial charge < -0.3 is 4.90 Å². The standard InChI is InChI=1S/C17H17N5O/c1-12-6-4-9-15(18-12)17(21-11-5-10-16(21)23)22-19-13-7-2-3-8-14(13)20-22/h2-4,6-9,17H,5,10-11H2,1H3. The zero-order chi connectivity index (χ0) is 15.8. The first kappa shape index (κ1) is 13.9. The van der Waals surface area contributed by atoms with Crippen LogP contribution < -0.4 is 0 Å². The predicted octanol–water partition coefficient (Wildman–Crippen LogP) is 2.30. The summed E-state index contributed by atoms with van der Waals surface area (Å²) in [6.07, 6.45) is 1.04. The third kappa shape index (κ3) is 2.46. The van der Waals surface area contributed by atoms with Crippen molar-refractivity contribution >= 4 is 16.9 Å². The highest BCUT2D eigenvalue weighted by atomic mass is 16.2. The van der Waals surface area contributed by atoms with E-state index in [-0.39, 0.29) is 5.91 Å². The Morgan fingerprint density at radius 1 is 1.04 bits per heavy atom. The Bertz CT molecular complexity index is 839. The molecule has 1 atom stereocenters. The number of hydrogen-bond donors (Lipinski definition) is 0. The van der Waals surface area contributed by atoms with Gasteiger partial charge in [-0.25, -0.2) is 0 Å². The van der Waals surface area contributed by atoms with E-state index in [1.54, 1.807) is 4.80 Å². The first-order valence-electron chi connectivity index (χ1n) is 7.77. The number of carbonyl (C=O) groups is 1. The third-order valence-electron chi connectivity index (χ3n) is 4.10. The number of aromatic nitrogens is 4. The highest BCUT2D eigenvalue weighted by Gasteiger charge is 2.32. The van der Waals surface area contributed by atoms with E-state index in [2.05, 4.69) is 15.2 Å². The highest BCUT2D eigenvalue weighted by molar-refractivity contribution is 5.78. The highest BCUT2D eigenvalue weighted by Crippen LogP contribution is 2.26. The van der Waals surface area contributed by atoms with Gasteiger partial charge in [-0.2, -0.15) is 15.0 Å². The Morgan fingerprint density at radius 3 is 2.39 bits per heavy atom. The van der Waals surface area contributed by atoms with E-state index in [9.17, 15) is 4.79 Å². The van der Waals surface area contributed by atoms with Crippen molar-refractivity contribution in [2.75, 3.05) is 6.54 Å². The van der Waals surface area contributed by atoms with Gasteiger partial charge in [-0.05, 0) is 37.6 Å². The van der Waals surface area contributed by atoms with Gasteiger partial charge >= 0.3 is 0 Å². The number of carbonyl (C=O) groups excluding carboxylic acids is 1. The minimum atomic E-state index is -0.391. The Morgan fingerprint density at radius 2 is 1.78 bits per heavy atom. The number of amides is 1. The molecule has 4 rings (SSSR count). The van der Waals surface area contributed by atoms with Gasteiger partial charge in [0.25, 0.3) is 0 Å². The van der Waals surface area contributed by atoms with Gasteiger partial charge in [0.2, 0.25) is 5.91 Å². The van der Waals surface area contributed by atoms with Crippen LogP contribution in [0.2, 0.25) is 0 Å². The molecule has 6 nitrogen and oxygen atoms in total. The van der Waals surface area contributed by atoms with Crippen LogP contribution in [0.15, 0.2) is 42.5 Å². The molecule has 23 heavy (non-hydrogen) atoms. The molecule has 116 valence electrons. The molecule has 1 fully saturated rings. The molecule has 0 saturated carbocycles. The fraction of sp³-hybridized carbons (Fsp3) is 0.294. The van der Waals surface area contributed by atoms with Crippen LogP contribution in [0.1, 0.15) is 30.4 Å². The van der Waals surface area contributed by atoms with E-state index < -0.39 is 6.17 Å². The van der Waals surface area contributed by atoms with Crippen molar-refractivity contribution in [3.05, 3.63) is 53.9 Å². The molecule has 0 aliphatic carbocycles. The van der Waals surface area contributed by atoms with Crippen LogP contribution in [-0.4, -0.2) is 37.3 Å². The molecule has 3 aromatic rings. The van der Waals surface area contributed by atoms with Gasteiger partial charge in [0, 0.05) is 18.7 Å². The smallest absolute Gasteiger partial charge is 0.224 e. The summed E-state index contributed by atoms with van der Waals surface area (Å²) in [5.74, 6) is 0.125. The van der Waals surface area contributed by atoms with Gasteiger partial charge in [-0.3, -0.25) is 9.78 Å². The van der Waals surface area contributed by atoms with Gasteiger partial charge in [0.1, 0.15) is 11.0 Å². The van der Waals surface area contributed by atoms with Crippen molar-refractivity contribution in [3.63, 3.8) is 0 Å². The normalized spacial score (nSPS) is 16.2. The second kappa shape index (κ2) is 5.46. The maximum atomic E-state index is 12.3. The number of nitrogens with zero attached hydrogens (tertiary/aromatic N) is 5. The topological polar surface area (TPSA) is 63.9 Å². The number of fused-ring (bicyclic) bond motifs is 1. The lowest BCUT2D eigenvalue weighted by Gasteiger charge is -2.26. The molecule has 1 aromatic carbocycles. The van der Waals surface area contributed by atoms with E-state index >= 15 is 0 Å². The number of pyridine rings is 1. The second-order valence-electron chi connectivity index (χ2n) is 5.78. The molecule has 0 bridgehead atoms. The maximum absolute atomic E-state index is 12.3. The van der Waals surface area contributed by atoms with Gasteiger partial charge in [-0.1, -0.05) is 18.2 Å². The Hall–Kier alpha value is -2.76. The van der Waals surface area contributed by atoms with E-state index in [0.717, 1.165) is 28.8 Å². The summed E-state index contributed by atoms with van der Waals surface area (Å²) < 4.78 is 0. The van der Waals surface area contributed by atoms with Crippen LogP contribution in [0, 0.1) is 6.92 Å². The molecule has 2 aromatic heterocycles. The van der Waals surface area contributed by atoms with E-state index in [4.69, 9.17) is 0 Å². The minimum absolute atomic E-state index is 0.125. The summed E-state index contributed by atoms with van der Waals surface area (Å²) in [4.78, 5) is 20.3. The number of likely N-dealkylation sites (tertiary alicyclic amines) is 1. The van der Waals surface area contributed by atoms with Crippen molar-refractivity contribution in [1.29, 1.82) is 0 Å². The molecule has 6 heteroatoms. The molecule has 3 heterocycles. The average Bonchev–Trinajstić information content (AvgIpc) is 3.14. The molecular formula is C17H17N5O. The van der Waals surface area contributed by atoms with Crippen LogP contribution in [0.5, 0.6) is 0 Å². The van der Waals surface area contributed by atoms with Crippen molar-refractivity contribution < 1.29 is 4.79 Å². The quantitative estimate of drug-likeness (QED) is 0.745. The van der Waals surface area contributed by atoms with Crippen molar-refractivity contribution in [1.82, 2.24) is 24.9 Å². The summed E-state index contributed by atoms with van der Waals surface area (Å²) in [6.45, 7) is 2.65. The summed E-state index contributed by atoms with van der Waals surface area (Å²) in [6, 6.07) is 13.5. The first-order chi connectivity index (χ1) is 11.2. The van der Waals surface area contributed by atoms with Crippen molar-refractivity contribution in [2.45, 2.75) is 25.9 Å². The zero-order valence-electron chi connectivity index (χ0n) is 12.9. The maximum Gasteiger partial charge on any atom is 0.224 e. The number of hydrogen-bond acceptors (Lipinski definition) is 4. The van der Waals surface area contributed by atoms with Gasteiger partial charge in [0.15, 0.2) is 6.17 Å². The summed E-state index contributed by atoms with van der Waals surface area (Å²) in [5, 5.41) is 9.14. The van der Waals surface area contributed by atoms with Crippen LogP contribution in [0.4, 0.5) is 0 Å². The SMILES string of the molecule is Cc1cccc(C(N2CCCC2=O)n2nc3ccccc3n2)n1. The molecule has 0 N–H and O–H groups in total. The second-order valence-corrected chi connectivity index (χ2v) is 5.78. The van der Waals surface area contributed by atoms with Crippen molar-refractivity contribution in [2.24, 2.45) is 0 Å². The number of aryl methyl sites for hydroxylation is 1. The summed E-state index contributed by atoms with van der Waals surface area (Å²) in [5.41, 5.74) is 3.34. The van der Waals surface area contributed by atoms with Gasteiger partial charge in [-0.15, -0.1) is 0 Å². The predicted molar refractivity (Wildman–Crippen MR) is 85.6 cm³/mol. The lowest BCUT2D eigenvalue weighted by Crippen LogP contribution is -2.36. The van der Waals surface area contributed by atoms with E-state index in [1.807, 2.05) is 54.3 Å². The summed E-state index contributed by atoms with van der Waals surface area (Å²) in [7, 11) is 0. The Labute approximate surface area is 133 Å². The number of rotatable bonds is 3. The minimum Gasteiger partial charge on any atom is -0.314 e. The van der Waals surface area contributed by atoms with Crippen LogP contribution >= 0.6 is 0 Å². The Balaban J connectivity index is 1.85. The Kier molecular flexibility index (Phi) is 3.29. The molecule has 1 aliphatic heterocycles. The third-order valence-corrected chi connectivity index (χ3v) is 4.10. The molecule has 1 saturated heterocycles. The lowest BCUT2D eigenvalue weighted by molar-refractivity contribution is -0.130. The molecule has 0 radical (unpaired) electrons. The first-order valence-corrected chi connectivity index (χ1v) is 7.77. The zero-order valence-corrected chi connectivity index (χ0v) is 12.9. The summed E-state index contributed by atoms with van der Waals surface area (Å²) >= 11 is 0. The van der Waals surface area contributed by atoms with E-state index in [0.29, 0.717) is 13.0 Å². The largest absolute Gasteiger partial charge is 0.314 e. The van der Waals surface area contributed by atoms with Crippen LogP contribution in [-0.2, 0) is 4.79 Å². The molecule has 1 amide bonds. The molecule has 0 spiro atoms. The fourth-order valence-electron chi connectivity index (χ4n) is 3.02.